The highest BCUT2D eigenvalue weighted by atomic mass is 79.9. The normalized spacial score (nSPS) is 15.5. The molecule has 7 nitrogen and oxygen atoms in total. The summed E-state index contributed by atoms with van der Waals surface area (Å²) in [5, 5.41) is 8.33. The van der Waals surface area contributed by atoms with Crippen LogP contribution in [-0.2, 0) is 22.7 Å². The summed E-state index contributed by atoms with van der Waals surface area (Å²) in [4.78, 5) is 44.1. The lowest BCUT2D eigenvalue weighted by Crippen LogP contribution is -2.60. The zero-order chi connectivity index (χ0) is 21.8. The summed E-state index contributed by atoms with van der Waals surface area (Å²) in [5.41, 5.74) is -0.661. The van der Waals surface area contributed by atoms with E-state index in [1.807, 2.05) is 23.6 Å². The average Bonchev–Trinajstić information content (AvgIpc) is 3.28. The lowest BCUT2D eigenvalue weighted by atomic mass is 9.80. The Kier molecular flexibility index (Phi) is 6.52. The molecule has 0 bridgehead atoms. The van der Waals surface area contributed by atoms with Gasteiger partial charge in [-0.25, -0.2) is 4.98 Å². The van der Waals surface area contributed by atoms with E-state index in [2.05, 4.69) is 31.5 Å². The Hall–Kier alpha value is -2.52. The standard InChI is InChI=1S/C22H23BrN4O3S/c23-15-6-7-18-17(11-15)20(29)27(14-25-18)13-19(28)26-22(8-2-1-3-9-22)21(30)24-12-16-5-4-10-31-16/h4-7,10-11,14H,1-3,8-9,12-13H2,(H,24,30)(H,26,28). The Morgan fingerprint density at radius 1 is 1.19 bits per heavy atom. The largest absolute Gasteiger partial charge is 0.349 e. The van der Waals surface area contributed by atoms with E-state index in [1.54, 1.807) is 23.5 Å². The molecule has 162 valence electrons. The van der Waals surface area contributed by atoms with Crippen LogP contribution in [0.1, 0.15) is 37.0 Å². The van der Waals surface area contributed by atoms with Gasteiger partial charge in [-0.15, -0.1) is 11.3 Å². The molecule has 0 saturated heterocycles. The first-order chi connectivity index (χ1) is 15.0. The maximum Gasteiger partial charge on any atom is 0.261 e. The second-order valence-corrected chi connectivity index (χ2v) is 9.74. The Balaban J connectivity index is 1.50. The SMILES string of the molecule is O=C(Cn1cnc2ccc(Br)cc2c1=O)NC1(C(=O)NCc2cccs2)CCCCC1. The number of rotatable bonds is 6. The van der Waals surface area contributed by atoms with Crippen molar-refractivity contribution in [3.63, 3.8) is 0 Å². The Morgan fingerprint density at radius 3 is 2.74 bits per heavy atom. The molecule has 9 heteroatoms. The molecule has 31 heavy (non-hydrogen) atoms. The molecule has 3 aromatic rings. The van der Waals surface area contributed by atoms with Crippen molar-refractivity contribution in [1.82, 2.24) is 20.2 Å². The fourth-order valence-corrected chi connectivity index (χ4v) is 5.02. The van der Waals surface area contributed by atoms with Crippen molar-refractivity contribution in [3.8, 4) is 0 Å². The molecule has 2 N–H and O–H groups in total. The predicted octanol–water partition coefficient (Wildman–Crippen LogP) is 3.36. The van der Waals surface area contributed by atoms with Gasteiger partial charge in [0.05, 0.1) is 23.8 Å². The van der Waals surface area contributed by atoms with Crippen LogP contribution in [0.25, 0.3) is 10.9 Å². The van der Waals surface area contributed by atoms with Gasteiger partial charge in [-0.1, -0.05) is 41.3 Å². The van der Waals surface area contributed by atoms with Crippen LogP contribution in [0.15, 0.2) is 51.3 Å². The monoisotopic (exact) mass is 502 g/mol. The number of nitrogens with zero attached hydrogens (tertiary/aromatic N) is 2. The highest BCUT2D eigenvalue weighted by molar-refractivity contribution is 9.10. The zero-order valence-corrected chi connectivity index (χ0v) is 19.3. The van der Waals surface area contributed by atoms with E-state index < -0.39 is 5.54 Å². The highest BCUT2D eigenvalue weighted by Gasteiger charge is 2.40. The number of amides is 2. The molecule has 2 aromatic heterocycles. The van der Waals surface area contributed by atoms with Gasteiger partial charge in [0, 0.05) is 9.35 Å². The molecular weight excluding hydrogens is 480 g/mol. The van der Waals surface area contributed by atoms with Crippen LogP contribution in [-0.4, -0.2) is 26.9 Å². The minimum Gasteiger partial charge on any atom is -0.349 e. The van der Waals surface area contributed by atoms with Crippen LogP contribution in [0, 0.1) is 0 Å². The van der Waals surface area contributed by atoms with Crippen LogP contribution in [0.3, 0.4) is 0 Å². The number of benzene rings is 1. The third kappa shape index (κ3) is 4.88. The second-order valence-electron chi connectivity index (χ2n) is 7.79. The van der Waals surface area contributed by atoms with Gasteiger partial charge in [-0.05, 0) is 42.5 Å². The average molecular weight is 503 g/mol. The molecule has 4 rings (SSSR count). The molecule has 0 aliphatic heterocycles. The summed E-state index contributed by atoms with van der Waals surface area (Å²) in [6, 6.07) is 9.17. The molecule has 2 amide bonds. The number of nitrogens with one attached hydrogen (secondary N) is 2. The molecule has 0 atom stereocenters. The lowest BCUT2D eigenvalue weighted by molar-refractivity contribution is -0.135. The van der Waals surface area contributed by atoms with E-state index in [0.717, 1.165) is 28.6 Å². The molecule has 1 aromatic carbocycles. The number of carbonyl (C=O) groups is 2. The molecule has 1 aliphatic rings. The van der Waals surface area contributed by atoms with Gasteiger partial charge < -0.3 is 10.6 Å². The van der Waals surface area contributed by atoms with Crippen molar-refractivity contribution >= 4 is 50.0 Å². The number of hydrogen-bond donors (Lipinski definition) is 2. The van der Waals surface area contributed by atoms with Crippen LogP contribution < -0.4 is 16.2 Å². The Labute approximate surface area is 192 Å². The molecule has 0 radical (unpaired) electrons. The number of carbonyl (C=O) groups excluding carboxylic acids is 2. The number of fused-ring (bicyclic) bond motifs is 1. The van der Waals surface area contributed by atoms with Crippen molar-refractivity contribution < 1.29 is 9.59 Å². The van der Waals surface area contributed by atoms with Gasteiger partial charge in [-0.3, -0.25) is 19.0 Å². The quantitative estimate of drug-likeness (QED) is 0.540. The van der Waals surface area contributed by atoms with Gasteiger partial charge in [0.25, 0.3) is 5.56 Å². The third-order valence-electron chi connectivity index (χ3n) is 5.62. The maximum absolute atomic E-state index is 13.1. The van der Waals surface area contributed by atoms with E-state index in [0.29, 0.717) is 30.3 Å². The van der Waals surface area contributed by atoms with Gasteiger partial charge in [0.2, 0.25) is 11.8 Å². The minimum atomic E-state index is -0.941. The van der Waals surface area contributed by atoms with Crippen molar-refractivity contribution in [2.45, 2.75) is 50.7 Å². The third-order valence-corrected chi connectivity index (χ3v) is 6.99. The molecular formula is C22H23BrN4O3S. The number of aromatic nitrogens is 2. The minimum absolute atomic E-state index is 0.165. The number of hydrogen-bond acceptors (Lipinski definition) is 5. The second kappa shape index (κ2) is 9.32. The van der Waals surface area contributed by atoms with Crippen LogP contribution >= 0.6 is 27.3 Å². The fraction of sp³-hybridized carbons (Fsp3) is 0.364. The van der Waals surface area contributed by atoms with E-state index >= 15 is 0 Å². The van der Waals surface area contributed by atoms with E-state index in [9.17, 15) is 14.4 Å². The van der Waals surface area contributed by atoms with Crippen LogP contribution in [0.4, 0.5) is 0 Å². The zero-order valence-electron chi connectivity index (χ0n) is 16.9. The van der Waals surface area contributed by atoms with Gasteiger partial charge in [0.1, 0.15) is 12.1 Å². The highest BCUT2D eigenvalue weighted by Crippen LogP contribution is 2.29. The molecule has 1 aliphatic carbocycles. The number of thiophene rings is 1. The molecule has 1 fully saturated rings. The fourth-order valence-electron chi connectivity index (χ4n) is 4.02. The van der Waals surface area contributed by atoms with Gasteiger partial charge in [-0.2, -0.15) is 0 Å². The van der Waals surface area contributed by atoms with Gasteiger partial charge >= 0.3 is 0 Å². The van der Waals surface area contributed by atoms with Gasteiger partial charge in [0.15, 0.2) is 0 Å². The summed E-state index contributed by atoms with van der Waals surface area (Å²) < 4.78 is 2.05. The smallest absolute Gasteiger partial charge is 0.261 e. The van der Waals surface area contributed by atoms with Crippen molar-refractivity contribution in [2.24, 2.45) is 0 Å². The summed E-state index contributed by atoms with van der Waals surface area (Å²) in [6.45, 7) is 0.255. The van der Waals surface area contributed by atoms with E-state index in [-0.39, 0.29) is 23.9 Å². The summed E-state index contributed by atoms with van der Waals surface area (Å²) in [6.07, 6.45) is 5.34. The van der Waals surface area contributed by atoms with Crippen molar-refractivity contribution in [3.05, 3.63) is 61.7 Å². The number of halogens is 1. The van der Waals surface area contributed by atoms with E-state index in [1.165, 1.54) is 10.9 Å². The molecule has 0 unspecified atom stereocenters. The molecule has 0 spiro atoms. The first kappa shape index (κ1) is 21.7. The lowest BCUT2D eigenvalue weighted by Gasteiger charge is -2.36. The summed E-state index contributed by atoms with van der Waals surface area (Å²) in [5.74, 6) is -0.534. The first-order valence-corrected chi connectivity index (χ1v) is 11.9. The topological polar surface area (TPSA) is 93.1 Å². The predicted molar refractivity (Wildman–Crippen MR) is 124 cm³/mol. The van der Waals surface area contributed by atoms with Crippen molar-refractivity contribution in [2.75, 3.05) is 0 Å². The van der Waals surface area contributed by atoms with E-state index in [4.69, 9.17) is 0 Å². The summed E-state index contributed by atoms with van der Waals surface area (Å²) >= 11 is 4.94. The summed E-state index contributed by atoms with van der Waals surface area (Å²) in [7, 11) is 0. The Morgan fingerprint density at radius 2 is 2.00 bits per heavy atom. The molecule has 1 saturated carbocycles. The maximum atomic E-state index is 13.1. The Bertz CT molecular complexity index is 1150. The van der Waals surface area contributed by atoms with Crippen molar-refractivity contribution in [1.29, 1.82) is 0 Å². The first-order valence-electron chi connectivity index (χ1n) is 10.2. The molecule has 2 heterocycles. The van der Waals surface area contributed by atoms with Crippen LogP contribution in [0.2, 0.25) is 0 Å². The van der Waals surface area contributed by atoms with Crippen LogP contribution in [0.5, 0.6) is 0 Å².